The van der Waals surface area contributed by atoms with Crippen LogP contribution in [0.3, 0.4) is 0 Å². The molecule has 3 heterocycles. The number of aromatic nitrogens is 4. The van der Waals surface area contributed by atoms with Gasteiger partial charge < -0.3 is 15.4 Å². The molecule has 9 heteroatoms. The van der Waals surface area contributed by atoms with Crippen LogP contribution in [0.5, 0.6) is 11.6 Å². The Morgan fingerprint density at radius 2 is 2.00 bits per heavy atom. The molecule has 2 saturated carbocycles. The molecule has 0 saturated heterocycles. The third-order valence-corrected chi connectivity index (χ3v) is 6.27. The van der Waals surface area contributed by atoms with Crippen LogP contribution in [0.4, 0.5) is 5.82 Å². The number of aryl methyl sites for hydroxylation is 1. The lowest BCUT2D eigenvalue weighted by Crippen LogP contribution is -2.26. The SMILES string of the molecule is Cc1cc(-c2cnn3c(NCC4CC4)cc(Oc4cccnc4)nc23)ccc1C(=O)NC1CC1.Cl. The van der Waals surface area contributed by atoms with Crippen molar-refractivity contribution in [2.75, 3.05) is 11.9 Å². The van der Waals surface area contributed by atoms with Crippen LogP contribution in [0, 0.1) is 12.8 Å². The highest BCUT2D eigenvalue weighted by Gasteiger charge is 2.25. The maximum absolute atomic E-state index is 12.6. The summed E-state index contributed by atoms with van der Waals surface area (Å²) in [6.45, 7) is 2.86. The molecule has 2 fully saturated rings. The molecule has 0 radical (unpaired) electrons. The predicted octanol–water partition coefficient (Wildman–Crippen LogP) is 5.03. The highest BCUT2D eigenvalue weighted by molar-refractivity contribution is 5.97. The molecule has 0 atom stereocenters. The number of hydrogen-bond donors (Lipinski definition) is 2. The zero-order valence-electron chi connectivity index (χ0n) is 19.4. The second-order valence-electron chi connectivity index (χ2n) is 9.17. The predicted molar refractivity (Wildman–Crippen MR) is 136 cm³/mol. The Bertz CT molecular complexity index is 1370. The topological polar surface area (TPSA) is 93.4 Å². The lowest BCUT2D eigenvalue weighted by atomic mass is 10.0. The van der Waals surface area contributed by atoms with E-state index in [0.717, 1.165) is 41.9 Å². The Balaban J connectivity index is 0.00000253. The molecule has 35 heavy (non-hydrogen) atoms. The van der Waals surface area contributed by atoms with Gasteiger partial charge in [0.05, 0.1) is 12.4 Å². The molecule has 0 spiro atoms. The quantitative estimate of drug-likeness (QED) is 0.360. The van der Waals surface area contributed by atoms with Crippen LogP contribution in [0.25, 0.3) is 16.8 Å². The van der Waals surface area contributed by atoms with E-state index in [1.54, 1.807) is 12.4 Å². The number of pyridine rings is 1. The molecule has 2 aliphatic carbocycles. The molecule has 0 aliphatic heterocycles. The molecule has 1 aromatic carbocycles. The zero-order chi connectivity index (χ0) is 23.1. The molecule has 1 amide bonds. The zero-order valence-corrected chi connectivity index (χ0v) is 20.2. The second kappa shape index (κ2) is 9.54. The second-order valence-corrected chi connectivity index (χ2v) is 9.17. The fourth-order valence-corrected chi connectivity index (χ4v) is 4.00. The summed E-state index contributed by atoms with van der Waals surface area (Å²) in [5.74, 6) is 2.62. The lowest BCUT2D eigenvalue weighted by Gasteiger charge is -2.12. The first-order chi connectivity index (χ1) is 16.6. The fourth-order valence-electron chi connectivity index (χ4n) is 4.00. The minimum absolute atomic E-state index is 0. The summed E-state index contributed by atoms with van der Waals surface area (Å²) in [6, 6.07) is 11.7. The van der Waals surface area contributed by atoms with Crippen molar-refractivity contribution in [3.05, 3.63) is 66.1 Å². The molecule has 0 bridgehead atoms. The average molecular weight is 491 g/mol. The van der Waals surface area contributed by atoms with Gasteiger partial charge in [0.25, 0.3) is 5.91 Å². The van der Waals surface area contributed by atoms with Crippen LogP contribution in [-0.2, 0) is 0 Å². The smallest absolute Gasteiger partial charge is 0.251 e. The van der Waals surface area contributed by atoms with Crippen LogP contribution in [0.15, 0.2) is 55.0 Å². The number of anilines is 1. The molecule has 3 aromatic heterocycles. The Morgan fingerprint density at radius 3 is 2.71 bits per heavy atom. The van der Waals surface area contributed by atoms with Gasteiger partial charge in [-0.25, -0.2) is 0 Å². The van der Waals surface area contributed by atoms with Crippen LogP contribution >= 0.6 is 12.4 Å². The Labute approximate surface area is 209 Å². The van der Waals surface area contributed by atoms with Crippen LogP contribution in [0.2, 0.25) is 0 Å². The number of ether oxygens (including phenoxy) is 1. The number of halogens is 1. The number of nitrogens with one attached hydrogen (secondary N) is 2. The van der Waals surface area contributed by atoms with Gasteiger partial charge in [-0.1, -0.05) is 12.1 Å². The van der Waals surface area contributed by atoms with E-state index >= 15 is 0 Å². The van der Waals surface area contributed by atoms with Crippen molar-refractivity contribution < 1.29 is 9.53 Å². The largest absolute Gasteiger partial charge is 0.437 e. The molecular weight excluding hydrogens is 464 g/mol. The number of carbonyl (C=O) groups is 1. The average Bonchev–Trinajstić information content (AvgIpc) is 3.77. The minimum Gasteiger partial charge on any atom is -0.437 e. The van der Waals surface area contributed by atoms with E-state index in [2.05, 4.69) is 20.7 Å². The summed E-state index contributed by atoms with van der Waals surface area (Å²) in [6.07, 6.45) is 9.83. The Kier molecular flexibility index (Phi) is 6.30. The molecular formula is C26H27ClN6O2. The van der Waals surface area contributed by atoms with Crippen molar-refractivity contribution in [1.29, 1.82) is 0 Å². The highest BCUT2D eigenvalue weighted by Crippen LogP contribution is 2.32. The van der Waals surface area contributed by atoms with E-state index in [0.29, 0.717) is 34.8 Å². The van der Waals surface area contributed by atoms with Crippen LogP contribution in [-0.4, -0.2) is 38.1 Å². The standard InChI is InChI=1S/C26H26N6O2.ClH/c1-16-11-18(6-9-21(16)26(33)30-19-7-8-19)22-15-29-32-23(28-13-17-4-5-17)12-24(31-25(22)32)34-20-3-2-10-27-14-20;/h2-3,6,9-12,14-15,17,19,28H,4-5,7-8,13H2,1H3,(H,30,33);1H. The maximum Gasteiger partial charge on any atom is 0.251 e. The molecule has 2 aliphatic rings. The van der Waals surface area contributed by atoms with Crippen molar-refractivity contribution in [3.63, 3.8) is 0 Å². The van der Waals surface area contributed by atoms with E-state index in [9.17, 15) is 4.79 Å². The summed E-state index contributed by atoms with van der Waals surface area (Å²) in [7, 11) is 0. The van der Waals surface area contributed by atoms with Crippen molar-refractivity contribution in [2.45, 2.75) is 38.6 Å². The van der Waals surface area contributed by atoms with Crippen molar-refractivity contribution >= 4 is 29.8 Å². The van der Waals surface area contributed by atoms with E-state index in [1.807, 2.05) is 54.0 Å². The van der Waals surface area contributed by atoms with Crippen molar-refractivity contribution in [1.82, 2.24) is 24.9 Å². The normalized spacial score (nSPS) is 14.9. The van der Waals surface area contributed by atoms with Gasteiger partial charge in [-0.2, -0.15) is 14.6 Å². The van der Waals surface area contributed by atoms with Gasteiger partial charge in [-0.15, -0.1) is 12.4 Å². The molecule has 2 N–H and O–H groups in total. The van der Waals surface area contributed by atoms with Gasteiger partial charge in [-0.3, -0.25) is 9.78 Å². The van der Waals surface area contributed by atoms with E-state index in [-0.39, 0.29) is 18.3 Å². The Morgan fingerprint density at radius 1 is 1.14 bits per heavy atom. The first kappa shape index (κ1) is 23.1. The first-order valence-corrected chi connectivity index (χ1v) is 11.8. The third kappa shape index (κ3) is 5.07. The molecule has 8 nitrogen and oxygen atoms in total. The third-order valence-electron chi connectivity index (χ3n) is 6.27. The van der Waals surface area contributed by atoms with Gasteiger partial charge >= 0.3 is 0 Å². The molecule has 4 aromatic rings. The monoisotopic (exact) mass is 490 g/mol. The minimum atomic E-state index is -0.0109. The summed E-state index contributed by atoms with van der Waals surface area (Å²) in [4.78, 5) is 21.5. The van der Waals surface area contributed by atoms with Gasteiger partial charge in [0.1, 0.15) is 11.6 Å². The summed E-state index contributed by atoms with van der Waals surface area (Å²) in [5.41, 5.74) is 4.14. The number of amides is 1. The Hall–Kier alpha value is -3.65. The number of rotatable bonds is 8. The lowest BCUT2D eigenvalue weighted by molar-refractivity contribution is 0.0950. The fraction of sp³-hybridized carbons (Fsp3) is 0.308. The number of nitrogens with zero attached hydrogens (tertiary/aromatic N) is 4. The van der Waals surface area contributed by atoms with E-state index in [1.165, 1.54) is 12.8 Å². The van der Waals surface area contributed by atoms with Crippen LogP contribution in [0.1, 0.15) is 41.6 Å². The van der Waals surface area contributed by atoms with E-state index < -0.39 is 0 Å². The number of hydrogen-bond acceptors (Lipinski definition) is 6. The summed E-state index contributed by atoms with van der Waals surface area (Å²) >= 11 is 0. The molecule has 180 valence electrons. The van der Waals surface area contributed by atoms with Gasteiger partial charge in [0.2, 0.25) is 5.88 Å². The first-order valence-electron chi connectivity index (χ1n) is 11.8. The van der Waals surface area contributed by atoms with Gasteiger partial charge in [-0.05, 0) is 67.9 Å². The van der Waals surface area contributed by atoms with Crippen molar-refractivity contribution in [3.8, 4) is 22.8 Å². The summed E-state index contributed by atoms with van der Waals surface area (Å²) in [5, 5.41) is 11.2. The highest BCUT2D eigenvalue weighted by atomic mass is 35.5. The van der Waals surface area contributed by atoms with Gasteiger partial charge in [0.15, 0.2) is 5.65 Å². The number of carbonyl (C=O) groups excluding carboxylic acids is 1. The van der Waals surface area contributed by atoms with Crippen molar-refractivity contribution in [2.24, 2.45) is 5.92 Å². The number of benzene rings is 1. The van der Waals surface area contributed by atoms with E-state index in [4.69, 9.17) is 9.72 Å². The molecule has 6 rings (SSSR count). The maximum atomic E-state index is 12.6. The van der Waals surface area contributed by atoms with Crippen LogP contribution < -0.4 is 15.4 Å². The molecule has 0 unspecified atom stereocenters. The number of fused-ring (bicyclic) bond motifs is 1. The summed E-state index contributed by atoms with van der Waals surface area (Å²) < 4.78 is 7.84. The van der Waals surface area contributed by atoms with Gasteiger partial charge in [0, 0.05) is 36.0 Å².